The van der Waals surface area contributed by atoms with Gasteiger partial charge in [0.2, 0.25) is 5.91 Å². The monoisotopic (exact) mass is 494 g/mol. The third kappa shape index (κ3) is 7.07. The number of nitrogens with zero attached hydrogens (tertiary/aromatic N) is 3. The maximum absolute atomic E-state index is 12.9. The molecule has 2 amide bonds. The van der Waals surface area contributed by atoms with Crippen LogP contribution in [0.1, 0.15) is 67.5 Å². The molecule has 4 rings (SSSR count). The van der Waals surface area contributed by atoms with Crippen LogP contribution in [0.4, 0.5) is 0 Å². The van der Waals surface area contributed by atoms with Crippen molar-refractivity contribution in [2.24, 2.45) is 0 Å². The van der Waals surface area contributed by atoms with Crippen LogP contribution in [0.15, 0.2) is 48.5 Å². The number of aryl methyl sites for hydroxylation is 2. The molecule has 2 heterocycles. The normalized spacial score (nSPS) is 14.1. The molecule has 2 aromatic carbocycles. The molecule has 0 bridgehead atoms. The molecular formula is C28H35ClN4O2. The first-order chi connectivity index (χ1) is 17.1. The largest absolute Gasteiger partial charge is 0.352 e. The summed E-state index contributed by atoms with van der Waals surface area (Å²) in [6, 6.07) is 15.2. The standard InChI is InChI=1S/C28H35ClN4O2/c29-23-12-10-11-22(21-23)28(35)30-17-7-3-4-15-26-31-24-13-5-6-14-25(24)33(26)20-16-27(34)32-18-8-1-2-9-19-32/h5-6,10-14,21H,1-4,7-9,15-20H2,(H,30,35). The lowest BCUT2D eigenvalue weighted by molar-refractivity contribution is -0.131. The molecule has 0 unspecified atom stereocenters. The third-order valence-electron chi connectivity index (χ3n) is 6.69. The zero-order valence-corrected chi connectivity index (χ0v) is 21.1. The van der Waals surface area contributed by atoms with E-state index in [9.17, 15) is 9.59 Å². The number of hydrogen-bond donors (Lipinski definition) is 1. The van der Waals surface area contributed by atoms with Crippen LogP contribution in [0.3, 0.4) is 0 Å². The van der Waals surface area contributed by atoms with Gasteiger partial charge in [-0.1, -0.05) is 49.1 Å². The Bertz CT molecular complexity index is 1130. The summed E-state index contributed by atoms with van der Waals surface area (Å²) in [5.74, 6) is 1.20. The highest BCUT2D eigenvalue weighted by atomic mass is 35.5. The molecule has 3 aromatic rings. The second-order valence-corrected chi connectivity index (χ2v) is 9.73. The number of unbranched alkanes of at least 4 members (excludes halogenated alkanes) is 2. The Balaban J connectivity index is 1.27. The van der Waals surface area contributed by atoms with Crippen molar-refractivity contribution in [3.63, 3.8) is 0 Å². The van der Waals surface area contributed by atoms with Crippen LogP contribution in [0.5, 0.6) is 0 Å². The first-order valence-corrected chi connectivity index (χ1v) is 13.3. The van der Waals surface area contributed by atoms with E-state index >= 15 is 0 Å². The third-order valence-corrected chi connectivity index (χ3v) is 6.93. The quantitative estimate of drug-likeness (QED) is 0.372. The summed E-state index contributed by atoms with van der Waals surface area (Å²) in [5.41, 5.74) is 2.67. The smallest absolute Gasteiger partial charge is 0.251 e. The number of para-hydroxylation sites is 2. The lowest BCUT2D eigenvalue weighted by atomic mass is 10.1. The lowest BCUT2D eigenvalue weighted by Gasteiger charge is -2.20. The van der Waals surface area contributed by atoms with Crippen molar-refractivity contribution in [2.45, 2.75) is 64.3 Å². The molecule has 1 aliphatic rings. The van der Waals surface area contributed by atoms with Gasteiger partial charge in [-0.15, -0.1) is 0 Å². The molecule has 1 fully saturated rings. The second-order valence-electron chi connectivity index (χ2n) is 9.29. The number of aromatic nitrogens is 2. The fourth-order valence-electron chi connectivity index (χ4n) is 4.77. The Hall–Kier alpha value is -2.86. The number of rotatable bonds is 10. The summed E-state index contributed by atoms with van der Waals surface area (Å²) in [4.78, 5) is 32.0. The molecule has 1 aromatic heterocycles. The highest BCUT2D eigenvalue weighted by molar-refractivity contribution is 6.30. The Kier molecular flexibility index (Phi) is 9.18. The van der Waals surface area contributed by atoms with Crippen molar-refractivity contribution in [1.82, 2.24) is 19.8 Å². The maximum atomic E-state index is 12.9. The van der Waals surface area contributed by atoms with Crippen LogP contribution >= 0.6 is 11.6 Å². The van der Waals surface area contributed by atoms with Gasteiger partial charge < -0.3 is 14.8 Å². The van der Waals surface area contributed by atoms with Gasteiger partial charge in [0.1, 0.15) is 5.82 Å². The number of likely N-dealkylation sites (tertiary alicyclic amines) is 1. The SMILES string of the molecule is O=C(NCCCCCc1nc2ccccc2n1CCC(=O)N1CCCCCC1)c1cccc(Cl)c1. The van der Waals surface area contributed by atoms with Crippen LogP contribution in [-0.2, 0) is 17.8 Å². The van der Waals surface area contributed by atoms with Gasteiger partial charge in [-0.25, -0.2) is 4.98 Å². The predicted molar refractivity (Wildman–Crippen MR) is 141 cm³/mol. The molecule has 1 N–H and O–H groups in total. The molecule has 0 spiro atoms. The molecule has 35 heavy (non-hydrogen) atoms. The first-order valence-electron chi connectivity index (χ1n) is 12.9. The topological polar surface area (TPSA) is 67.2 Å². The number of hydrogen-bond acceptors (Lipinski definition) is 3. The van der Waals surface area contributed by atoms with E-state index in [1.807, 2.05) is 23.1 Å². The van der Waals surface area contributed by atoms with E-state index < -0.39 is 0 Å². The molecule has 1 saturated heterocycles. The van der Waals surface area contributed by atoms with Crippen molar-refractivity contribution < 1.29 is 9.59 Å². The number of fused-ring (bicyclic) bond motifs is 1. The minimum absolute atomic E-state index is 0.0941. The van der Waals surface area contributed by atoms with Gasteiger partial charge >= 0.3 is 0 Å². The number of carbonyl (C=O) groups excluding carboxylic acids is 2. The molecule has 0 radical (unpaired) electrons. The summed E-state index contributed by atoms with van der Waals surface area (Å²) >= 11 is 5.97. The van der Waals surface area contributed by atoms with Gasteiger partial charge in [-0.2, -0.15) is 0 Å². The Morgan fingerprint density at radius 2 is 1.74 bits per heavy atom. The van der Waals surface area contributed by atoms with E-state index in [4.69, 9.17) is 16.6 Å². The average Bonchev–Trinajstić information content (AvgIpc) is 3.02. The van der Waals surface area contributed by atoms with Crippen LogP contribution in [0, 0.1) is 0 Å². The van der Waals surface area contributed by atoms with Gasteiger partial charge in [0, 0.05) is 49.6 Å². The summed E-state index contributed by atoms with van der Waals surface area (Å²) in [7, 11) is 0. The van der Waals surface area contributed by atoms with E-state index in [2.05, 4.69) is 16.0 Å². The zero-order valence-electron chi connectivity index (χ0n) is 20.3. The Morgan fingerprint density at radius 3 is 2.54 bits per heavy atom. The maximum Gasteiger partial charge on any atom is 0.251 e. The summed E-state index contributed by atoms with van der Waals surface area (Å²) < 4.78 is 2.23. The zero-order chi connectivity index (χ0) is 24.5. The van der Waals surface area contributed by atoms with E-state index in [0.717, 1.165) is 68.5 Å². The van der Waals surface area contributed by atoms with Crippen molar-refractivity contribution in [3.8, 4) is 0 Å². The number of imidazole rings is 1. The summed E-state index contributed by atoms with van der Waals surface area (Å²) in [6.07, 6.45) is 8.93. The number of carbonyl (C=O) groups is 2. The van der Waals surface area contributed by atoms with Crippen LogP contribution in [0.25, 0.3) is 11.0 Å². The van der Waals surface area contributed by atoms with E-state index in [1.165, 1.54) is 12.8 Å². The van der Waals surface area contributed by atoms with Gasteiger partial charge in [0.15, 0.2) is 0 Å². The molecule has 7 heteroatoms. The van der Waals surface area contributed by atoms with E-state index in [0.29, 0.717) is 30.1 Å². The molecular weight excluding hydrogens is 460 g/mol. The fraction of sp³-hybridized carbons (Fsp3) is 0.464. The lowest BCUT2D eigenvalue weighted by Crippen LogP contribution is -2.32. The Labute approximate surface area is 212 Å². The highest BCUT2D eigenvalue weighted by Gasteiger charge is 2.17. The molecule has 0 aliphatic carbocycles. The minimum atomic E-state index is -0.0941. The van der Waals surface area contributed by atoms with E-state index in [-0.39, 0.29) is 11.8 Å². The van der Waals surface area contributed by atoms with Crippen molar-refractivity contribution in [2.75, 3.05) is 19.6 Å². The molecule has 0 atom stereocenters. The predicted octanol–water partition coefficient (Wildman–Crippen LogP) is 5.63. The molecule has 6 nitrogen and oxygen atoms in total. The van der Waals surface area contributed by atoms with Gasteiger partial charge in [0.05, 0.1) is 11.0 Å². The number of halogens is 1. The number of amides is 2. The highest BCUT2D eigenvalue weighted by Crippen LogP contribution is 2.19. The number of benzene rings is 2. The summed E-state index contributed by atoms with van der Waals surface area (Å²) in [5, 5.41) is 3.53. The van der Waals surface area contributed by atoms with Gasteiger partial charge in [-0.05, 0) is 56.0 Å². The van der Waals surface area contributed by atoms with Gasteiger partial charge in [-0.3, -0.25) is 9.59 Å². The molecule has 1 aliphatic heterocycles. The van der Waals surface area contributed by atoms with Crippen LogP contribution < -0.4 is 5.32 Å². The van der Waals surface area contributed by atoms with E-state index in [1.54, 1.807) is 24.3 Å². The van der Waals surface area contributed by atoms with Crippen molar-refractivity contribution in [1.29, 1.82) is 0 Å². The van der Waals surface area contributed by atoms with Crippen molar-refractivity contribution >= 4 is 34.4 Å². The van der Waals surface area contributed by atoms with Crippen molar-refractivity contribution in [3.05, 3.63) is 64.9 Å². The second kappa shape index (κ2) is 12.7. The van der Waals surface area contributed by atoms with Crippen LogP contribution in [-0.4, -0.2) is 45.9 Å². The molecule has 0 saturated carbocycles. The van der Waals surface area contributed by atoms with Crippen LogP contribution in [0.2, 0.25) is 5.02 Å². The average molecular weight is 495 g/mol. The number of nitrogens with one attached hydrogen (secondary N) is 1. The first kappa shape index (κ1) is 25.2. The fourth-order valence-corrected chi connectivity index (χ4v) is 4.96. The Morgan fingerprint density at radius 1 is 0.943 bits per heavy atom. The van der Waals surface area contributed by atoms with Gasteiger partial charge in [0.25, 0.3) is 5.91 Å². The summed E-state index contributed by atoms with van der Waals surface area (Å²) in [6.45, 7) is 3.08. The molecule has 186 valence electrons. The minimum Gasteiger partial charge on any atom is -0.352 e.